The predicted molar refractivity (Wildman–Crippen MR) is 99.5 cm³/mol. The van der Waals surface area contributed by atoms with Gasteiger partial charge in [-0.25, -0.2) is 0 Å². The molecular weight excluding hydrogens is 328 g/mol. The molecule has 0 bridgehead atoms. The van der Waals surface area contributed by atoms with Gasteiger partial charge in [-0.05, 0) is 24.8 Å². The van der Waals surface area contributed by atoms with Gasteiger partial charge in [0.05, 0.1) is 5.92 Å². The number of rotatable bonds is 6. The first-order chi connectivity index (χ1) is 12.6. The number of fused-ring (bicyclic) bond motifs is 1. The van der Waals surface area contributed by atoms with E-state index in [-0.39, 0.29) is 17.7 Å². The average molecular weight is 354 g/mol. The molecule has 26 heavy (non-hydrogen) atoms. The van der Waals surface area contributed by atoms with E-state index >= 15 is 0 Å². The summed E-state index contributed by atoms with van der Waals surface area (Å²) in [5.41, 5.74) is 1.95. The second-order valence-electron chi connectivity index (χ2n) is 7.69. The quantitative estimate of drug-likeness (QED) is 0.800. The van der Waals surface area contributed by atoms with Gasteiger partial charge in [0.2, 0.25) is 11.8 Å². The minimum atomic E-state index is -0.213. The van der Waals surface area contributed by atoms with Crippen LogP contribution in [0.5, 0.6) is 0 Å². The fourth-order valence-electron chi connectivity index (χ4n) is 3.96. The molecule has 1 atom stereocenters. The number of carbonyl (C=O) groups excluding carboxylic acids is 2. The number of furan rings is 1. The van der Waals surface area contributed by atoms with Crippen molar-refractivity contribution in [3.8, 4) is 0 Å². The molecule has 0 radical (unpaired) electrons. The summed E-state index contributed by atoms with van der Waals surface area (Å²) < 4.78 is 5.94. The Hall–Kier alpha value is -2.30. The molecule has 1 saturated carbocycles. The van der Waals surface area contributed by atoms with Crippen LogP contribution in [0.3, 0.4) is 0 Å². The van der Waals surface area contributed by atoms with E-state index in [4.69, 9.17) is 4.42 Å². The standard InChI is InChI=1S/C21H26N2O3/c1-3-18-17(16-6-4-5-7-19(16)26-18)13-22(2)21(25)15-10-20(24)23(12-15)11-14-8-9-14/h4-7,14-15H,3,8-13H2,1-2H3. The number of hydrogen-bond donors (Lipinski definition) is 0. The Labute approximate surface area is 153 Å². The normalized spacial score (nSPS) is 20.2. The van der Waals surface area contributed by atoms with E-state index in [1.54, 1.807) is 4.90 Å². The molecular formula is C21H26N2O3. The monoisotopic (exact) mass is 354 g/mol. The number of likely N-dealkylation sites (tertiary alicyclic amines) is 1. The number of benzene rings is 1. The van der Waals surface area contributed by atoms with Gasteiger partial charge >= 0.3 is 0 Å². The molecule has 1 unspecified atom stereocenters. The van der Waals surface area contributed by atoms with Crippen molar-refractivity contribution in [3.63, 3.8) is 0 Å². The van der Waals surface area contributed by atoms with Gasteiger partial charge in [-0.3, -0.25) is 9.59 Å². The van der Waals surface area contributed by atoms with E-state index in [9.17, 15) is 9.59 Å². The fourth-order valence-corrected chi connectivity index (χ4v) is 3.96. The van der Waals surface area contributed by atoms with Crippen LogP contribution in [0.1, 0.15) is 37.5 Å². The number of hydrogen-bond acceptors (Lipinski definition) is 3. The maximum Gasteiger partial charge on any atom is 0.228 e. The van der Waals surface area contributed by atoms with Crippen LogP contribution in [0.2, 0.25) is 0 Å². The molecule has 4 rings (SSSR count). The first kappa shape index (κ1) is 17.1. The molecule has 2 fully saturated rings. The van der Waals surface area contributed by atoms with Gasteiger partial charge in [-0.15, -0.1) is 0 Å². The Bertz CT molecular complexity index is 837. The number of amides is 2. The van der Waals surface area contributed by atoms with Gasteiger partial charge in [0, 0.05) is 50.5 Å². The van der Waals surface area contributed by atoms with Gasteiger partial charge in [0.25, 0.3) is 0 Å². The number of para-hydroxylation sites is 1. The van der Waals surface area contributed by atoms with Crippen molar-refractivity contribution in [1.29, 1.82) is 0 Å². The second-order valence-corrected chi connectivity index (χ2v) is 7.69. The number of aryl methyl sites for hydroxylation is 1. The zero-order valence-corrected chi connectivity index (χ0v) is 15.5. The molecule has 2 aliphatic rings. The molecule has 1 aliphatic heterocycles. The molecule has 1 aromatic heterocycles. The molecule has 0 spiro atoms. The molecule has 138 valence electrons. The fraction of sp³-hybridized carbons (Fsp3) is 0.524. The first-order valence-corrected chi connectivity index (χ1v) is 9.58. The van der Waals surface area contributed by atoms with Gasteiger partial charge in [0.1, 0.15) is 11.3 Å². The van der Waals surface area contributed by atoms with Crippen molar-refractivity contribution in [2.45, 2.75) is 39.2 Å². The lowest BCUT2D eigenvalue weighted by Crippen LogP contribution is -2.34. The molecule has 2 heterocycles. The third kappa shape index (κ3) is 3.22. The van der Waals surface area contributed by atoms with Gasteiger partial charge in [-0.2, -0.15) is 0 Å². The minimum Gasteiger partial charge on any atom is -0.461 e. The van der Waals surface area contributed by atoms with Crippen LogP contribution in [0, 0.1) is 11.8 Å². The smallest absolute Gasteiger partial charge is 0.228 e. The highest BCUT2D eigenvalue weighted by atomic mass is 16.3. The molecule has 2 amide bonds. The molecule has 1 saturated heterocycles. The lowest BCUT2D eigenvalue weighted by Gasteiger charge is -2.21. The Morgan fingerprint density at radius 3 is 2.81 bits per heavy atom. The van der Waals surface area contributed by atoms with Crippen molar-refractivity contribution in [2.75, 3.05) is 20.1 Å². The lowest BCUT2D eigenvalue weighted by atomic mass is 10.1. The summed E-state index contributed by atoms with van der Waals surface area (Å²) in [4.78, 5) is 28.8. The van der Waals surface area contributed by atoms with E-state index < -0.39 is 0 Å². The summed E-state index contributed by atoms with van der Waals surface area (Å²) in [7, 11) is 1.83. The molecule has 2 aromatic rings. The lowest BCUT2D eigenvalue weighted by molar-refractivity contribution is -0.135. The summed E-state index contributed by atoms with van der Waals surface area (Å²) in [6.07, 6.45) is 3.58. The van der Waals surface area contributed by atoms with Crippen LogP contribution < -0.4 is 0 Å². The number of carbonyl (C=O) groups is 2. The zero-order chi connectivity index (χ0) is 18.3. The summed E-state index contributed by atoms with van der Waals surface area (Å²) in [6.45, 7) is 3.99. The summed E-state index contributed by atoms with van der Waals surface area (Å²) >= 11 is 0. The third-order valence-electron chi connectivity index (χ3n) is 5.61. The summed E-state index contributed by atoms with van der Waals surface area (Å²) in [6, 6.07) is 7.96. The largest absolute Gasteiger partial charge is 0.461 e. The van der Waals surface area contributed by atoms with E-state index in [2.05, 4.69) is 6.92 Å². The summed E-state index contributed by atoms with van der Waals surface area (Å²) in [5, 5.41) is 1.07. The van der Waals surface area contributed by atoms with Crippen molar-refractivity contribution >= 4 is 22.8 Å². The number of nitrogens with zero attached hydrogens (tertiary/aromatic N) is 2. The summed E-state index contributed by atoms with van der Waals surface area (Å²) in [5.74, 6) is 1.57. The van der Waals surface area contributed by atoms with Gasteiger partial charge < -0.3 is 14.2 Å². The van der Waals surface area contributed by atoms with E-state index in [0.29, 0.717) is 25.4 Å². The maximum absolute atomic E-state index is 12.9. The van der Waals surface area contributed by atoms with Crippen LogP contribution in [0.4, 0.5) is 0 Å². The maximum atomic E-state index is 12.9. The second kappa shape index (κ2) is 6.78. The van der Waals surface area contributed by atoms with Gasteiger partial charge in [-0.1, -0.05) is 25.1 Å². The van der Waals surface area contributed by atoms with E-state index in [1.165, 1.54) is 12.8 Å². The minimum absolute atomic E-state index is 0.0592. The average Bonchev–Trinajstić information content (AvgIpc) is 3.29. The van der Waals surface area contributed by atoms with Crippen LogP contribution in [-0.4, -0.2) is 41.8 Å². The van der Waals surface area contributed by atoms with Gasteiger partial charge in [0.15, 0.2) is 0 Å². The van der Waals surface area contributed by atoms with Crippen molar-refractivity contribution in [3.05, 3.63) is 35.6 Å². The third-order valence-corrected chi connectivity index (χ3v) is 5.61. The SMILES string of the molecule is CCc1oc2ccccc2c1CN(C)C(=O)C1CC(=O)N(CC2CC2)C1. The van der Waals surface area contributed by atoms with Crippen molar-refractivity contribution in [1.82, 2.24) is 9.80 Å². The zero-order valence-electron chi connectivity index (χ0n) is 15.5. The molecule has 5 nitrogen and oxygen atoms in total. The molecule has 5 heteroatoms. The highest BCUT2D eigenvalue weighted by molar-refractivity contribution is 5.89. The molecule has 1 aromatic carbocycles. The van der Waals surface area contributed by atoms with Crippen LogP contribution in [-0.2, 0) is 22.6 Å². The predicted octanol–water partition coefficient (Wildman–Crippen LogP) is 3.21. The Kier molecular flexibility index (Phi) is 4.47. The first-order valence-electron chi connectivity index (χ1n) is 9.58. The van der Waals surface area contributed by atoms with E-state index in [1.807, 2.05) is 36.2 Å². The molecule has 0 N–H and O–H groups in total. The van der Waals surface area contributed by atoms with Crippen molar-refractivity contribution < 1.29 is 14.0 Å². The Balaban J connectivity index is 1.47. The van der Waals surface area contributed by atoms with Crippen LogP contribution in [0.15, 0.2) is 28.7 Å². The van der Waals surface area contributed by atoms with Crippen LogP contribution in [0.25, 0.3) is 11.0 Å². The highest BCUT2D eigenvalue weighted by Crippen LogP contribution is 2.33. The van der Waals surface area contributed by atoms with Crippen LogP contribution >= 0.6 is 0 Å². The highest BCUT2D eigenvalue weighted by Gasteiger charge is 2.38. The Morgan fingerprint density at radius 1 is 1.31 bits per heavy atom. The topological polar surface area (TPSA) is 53.8 Å². The van der Waals surface area contributed by atoms with Crippen molar-refractivity contribution in [2.24, 2.45) is 11.8 Å². The Morgan fingerprint density at radius 2 is 2.08 bits per heavy atom. The molecule has 1 aliphatic carbocycles. The van der Waals surface area contributed by atoms with E-state index in [0.717, 1.165) is 35.3 Å².